The van der Waals surface area contributed by atoms with Crippen LogP contribution in [0.5, 0.6) is 0 Å². The fraction of sp³-hybridized carbons (Fsp3) is 0.344. The van der Waals surface area contributed by atoms with Crippen LogP contribution >= 0.6 is 23.2 Å². The highest BCUT2D eigenvalue weighted by Crippen LogP contribution is 2.47. The molecule has 2 aliphatic rings. The fourth-order valence-electron chi connectivity index (χ4n) is 6.22. The molecular weight excluding hydrogens is 625 g/mol. The topological polar surface area (TPSA) is 133 Å². The maximum atomic E-state index is 14.1. The van der Waals surface area contributed by atoms with Crippen LogP contribution in [-0.4, -0.2) is 61.1 Å². The Labute approximate surface area is 266 Å². The molecule has 5 rings (SSSR count). The minimum atomic E-state index is -3.72. The van der Waals surface area contributed by atoms with E-state index < -0.39 is 40.0 Å². The highest BCUT2D eigenvalue weighted by Gasteiger charge is 2.48. The van der Waals surface area contributed by atoms with Crippen molar-refractivity contribution >= 4 is 50.9 Å². The second-order valence-electron chi connectivity index (χ2n) is 11.3. The second-order valence-corrected chi connectivity index (χ2v) is 13.8. The van der Waals surface area contributed by atoms with Gasteiger partial charge in [0, 0.05) is 27.7 Å². The third-order valence-corrected chi connectivity index (χ3v) is 9.29. The van der Waals surface area contributed by atoms with Gasteiger partial charge < -0.3 is 15.3 Å². The van der Waals surface area contributed by atoms with E-state index in [4.69, 9.17) is 23.2 Å². The molecular formula is C32H33Cl2N3O6S. The Morgan fingerprint density at radius 1 is 0.977 bits per heavy atom. The molecule has 44 heavy (non-hydrogen) atoms. The number of sulfonamides is 1. The molecule has 3 amide bonds. The zero-order chi connectivity index (χ0) is 31.6. The quantitative estimate of drug-likeness (QED) is 0.324. The number of carbonyl (C=O) groups excluding carboxylic acids is 3. The standard InChI is InChI=1S/C32H33Cl2N3O6S/c1-44(42,43)36-30(39)20-8-6-7-19(17-20)15-16-35-31(40)28-22-9-2-3-10-23(22)32(41)37(26-11-4-5-12-27(26)38)29(28)24-14-13-21(33)18-25(24)34/h2-3,6-10,13-14,17-18,26-29,38H,4-5,11-12,15-16H2,1H3,(H,35,40)(H,36,39)/t26-,27-,28+,29?/m0/s1. The molecule has 0 saturated heterocycles. The molecule has 4 atom stereocenters. The molecule has 0 radical (unpaired) electrons. The summed E-state index contributed by atoms with van der Waals surface area (Å²) in [6, 6.07) is 17.2. The molecule has 1 fully saturated rings. The largest absolute Gasteiger partial charge is 0.391 e. The Morgan fingerprint density at radius 2 is 1.73 bits per heavy atom. The van der Waals surface area contributed by atoms with Gasteiger partial charge in [-0.1, -0.05) is 72.4 Å². The van der Waals surface area contributed by atoms with Crippen molar-refractivity contribution in [3.63, 3.8) is 0 Å². The summed E-state index contributed by atoms with van der Waals surface area (Å²) in [6.45, 7) is 0.204. The first-order chi connectivity index (χ1) is 20.9. The summed E-state index contributed by atoms with van der Waals surface area (Å²) in [7, 11) is -3.72. The maximum Gasteiger partial charge on any atom is 0.264 e. The molecule has 9 nitrogen and oxygen atoms in total. The highest BCUT2D eigenvalue weighted by atomic mass is 35.5. The van der Waals surface area contributed by atoms with E-state index in [9.17, 15) is 27.9 Å². The summed E-state index contributed by atoms with van der Waals surface area (Å²) in [4.78, 5) is 42.2. The van der Waals surface area contributed by atoms with Crippen LogP contribution in [0.25, 0.3) is 0 Å². The van der Waals surface area contributed by atoms with Crippen LogP contribution < -0.4 is 10.0 Å². The number of fused-ring (bicyclic) bond motifs is 1. The molecule has 3 aromatic rings. The van der Waals surface area contributed by atoms with Crippen molar-refractivity contribution in [3.05, 3.63) is 105 Å². The van der Waals surface area contributed by atoms with Crippen LogP contribution in [0.3, 0.4) is 0 Å². The molecule has 3 aromatic carbocycles. The molecule has 1 heterocycles. The van der Waals surface area contributed by atoms with Gasteiger partial charge in [0.2, 0.25) is 15.9 Å². The predicted octanol–water partition coefficient (Wildman–Crippen LogP) is 4.63. The summed E-state index contributed by atoms with van der Waals surface area (Å²) >= 11 is 12.9. The van der Waals surface area contributed by atoms with Gasteiger partial charge in [-0.2, -0.15) is 0 Å². The lowest BCUT2D eigenvalue weighted by molar-refractivity contribution is -0.125. The van der Waals surface area contributed by atoms with Crippen molar-refractivity contribution < 1.29 is 27.9 Å². The van der Waals surface area contributed by atoms with Crippen molar-refractivity contribution in [1.82, 2.24) is 14.9 Å². The number of aliphatic hydroxyl groups is 1. The first kappa shape index (κ1) is 32.0. The van der Waals surface area contributed by atoms with Gasteiger partial charge in [-0.05, 0) is 66.3 Å². The Morgan fingerprint density at radius 3 is 2.45 bits per heavy atom. The van der Waals surface area contributed by atoms with Gasteiger partial charge in [0.25, 0.3) is 11.8 Å². The first-order valence-electron chi connectivity index (χ1n) is 14.4. The number of halogens is 2. The van der Waals surface area contributed by atoms with Crippen LogP contribution in [0, 0.1) is 0 Å². The van der Waals surface area contributed by atoms with E-state index >= 15 is 0 Å². The summed E-state index contributed by atoms with van der Waals surface area (Å²) in [5.41, 5.74) is 2.41. The number of aliphatic hydroxyl groups excluding tert-OH is 1. The minimum absolute atomic E-state index is 0.179. The Kier molecular flexibility index (Phi) is 9.65. The number of rotatable bonds is 8. The van der Waals surface area contributed by atoms with Crippen molar-refractivity contribution in [2.75, 3.05) is 12.8 Å². The van der Waals surface area contributed by atoms with Gasteiger partial charge in [0.05, 0.1) is 30.4 Å². The molecule has 232 valence electrons. The number of nitrogens with zero attached hydrogens (tertiary/aromatic N) is 1. The van der Waals surface area contributed by atoms with Crippen molar-refractivity contribution in [1.29, 1.82) is 0 Å². The van der Waals surface area contributed by atoms with E-state index in [2.05, 4.69) is 5.32 Å². The van der Waals surface area contributed by atoms with E-state index in [1.165, 1.54) is 6.07 Å². The summed E-state index contributed by atoms with van der Waals surface area (Å²) < 4.78 is 24.9. The van der Waals surface area contributed by atoms with E-state index in [0.29, 0.717) is 46.0 Å². The number of amides is 3. The highest BCUT2D eigenvalue weighted by molar-refractivity contribution is 7.89. The van der Waals surface area contributed by atoms with Gasteiger partial charge in [-0.3, -0.25) is 14.4 Å². The molecule has 1 aliphatic carbocycles. The lowest BCUT2D eigenvalue weighted by Gasteiger charge is -2.48. The third kappa shape index (κ3) is 6.94. The van der Waals surface area contributed by atoms with Gasteiger partial charge in [-0.25, -0.2) is 13.1 Å². The van der Waals surface area contributed by atoms with Crippen molar-refractivity contribution in [3.8, 4) is 0 Å². The van der Waals surface area contributed by atoms with Crippen LogP contribution in [0.1, 0.15) is 75.0 Å². The van der Waals surface area contributed by atoms with Gasteiger partial charge >= 0.3 is 0 Å². The summed E-state index contributed by atoms with van der Waals surface area (Å²) in [5, 5.41) is 14.8. The van der Waals surface area contributed by atoms with Gasteiger partial charge in [0.15, 0.2) is 0 Å². The SMILES string of the molecule is CS(=O)(=O)NC(=O)c1cccc(CCNC(=O)[C@@H]2c3ccccc3C(=O)N([C@H]3CCCC[C@@H]3O)C2c2ccc(Cl)cc2Cl)c1. The van der Waals surface area contributed by atoms with Crippen LogP contribution in [0.2, 0.25) is 10.0 Å². The van der Waals surface area contributed by atoms with E-state index in [1.54, 1.807) is 65.6 Å². The van der Waals surface area contributed by atoms with Gasteiger partial charge in [-0.15, -0.1) is 0 Å². The minimum Gasteiger partial charge on any atom is -0.391 e. The van der Waals surface area contributed by atoms with Crippen LogP contribution in [0.4, 0.5) is 0 Å². The normalized spacial score (nSPS) is 21.8. The molecule has 0 bridgehead atoms. The fourth-order valence-corrected chi connectivity index (χ4v) is 7.20. The zero-order valence-electron chi connectivity index (χ0n) is 24.0. The average Bonchev–Trinajstić information content (AvgIpc) is 2.97. The molecule has 0 spiro atoms. The summed E-state index contributed by atoms with van der Waals surface area (Å²) in [5.74, 6) is -2.18. The molecule has 1 unspecified atom stereocenters. The number of carbonyl (C=O) groups is 3. The Balaban J connectivity index is 1.47. The third-order valence-electron chi connectivity index (χ3n) is 8.17. The van der Waals surface area contributed by atoms with Crippen molar-refractivity contribution in [2.24, 2.45) is 0 Å². The smallest absolute Gasteiger partial charge is 0.264 e. The lowest BCUT2D eigenvalue weighted by atomic mass is 9.76. The summed E-state index contributed by atoms with van der Waals surface area (Å²) in [6.07, 6.45) is 3.35. The number of hydrogen-bond donors (Lipinski definition) is 3. The van der Waals surface area contributed by atoms with E-state index in [-0.39, 0.29) is 23.9 Å². The first-order valence-corrected chi connectivity index (χ1v) is 17.0. The average molecular weight is 659 g/mol. The van der Waals surface area contributed by atoms with Crippen LogP contribution in [0.15, 0.2) is 66.7 Å². The van der Waals surface area contributed by atoms with Crippen molar-refractivity contribution in [2.45, 2.75) is 56.2 Å². The molecule has 1 saturated carbocycles. The lowest BCUT2D eigenvalue weighted by Crippen LogP contribution is -2.55. The number of hydrogen-bond acceptors (Lipinski definition) is 6. The monoisotopic (exact) mass is 657 g/mol. The molecule has 0 aromatic heterocycles. The number of nitrogens with one attached hydrogen (secondary N) is 2. The number of benzene rings is 3. The second kappa shape index (κ2) is 13.3. The molecule has 3 N–H and O–H groups in total. The van der Waals surface area contributed by atoms with E-state index in [0.717, 1.165) is 24.7 Å². The molecule has 1 aliphatic heterocycles. The zero-order valence-corrected chi connectivity index (χ0v) is 26.3. The van der Waals surface area contributed by atoms with Crippen LogP contribution in [-0.2, 0) is 21.2 Å². The predicted molar refractivity (Wildman–Crippen MR) is 168 cm³/mol. The van der Waals surface area contributed by atoms with Gasteiger partial charge in [0.1, 0.15) is 0 Å². The Bertz CT molecular complexity index is 1700. The maximum absolute atomic E-state index is 14.1. The molecule has 12 heteroatoms. The van der Waals surface area contributed by atoms with E-state index in [1.807, 2.05) is 4.72 Å². The Hall–Kier alpha value is -3.44.